The second-order valence-corrected chi connectivity index (χ2v) is 7.39. The van der Waals surface area contributed by atoms with E-state index in [4.69, 9.17) is 14.6 Å². The predicted octanol–water partition coefficient (Wildman–Crippen LogP) is -1.62. The van der Waals surface area contributed by atoms with Crippen LogP contribution < -0.4 is 21.3 Å². The summed E-state index contributed by atoms with van der Waals surface area (Å²) in [5.74, 6) is -3.42. The molecule has 0 aromatic carbocycles. The van der Waals surface area contributed by atoms with Gasteiger partial charge < -0.3 is 41.0 Å². The maximum absolute atomic E-state index is 11.9. The standard InChI is InChI=1S/C21H36N4O10/c1-2-17(27)22-8-4-3-5-16(21(32)33)25-19(29)13-35-12-11-34-10-9-23-18(28)7-6-15(20(30)31)24-14-26/h14-16H,2-13H2,1H3,(H,22,27)(H,23,28)(H,24,26)(H,25,29)(H,30,31)(H,32,33). The first-order chi connectivity index (χ1) is 16.7. The van der Waals surface area contributed by atoms with Crippen LogP contribution in [0.3, 0.4) is 0 Å². The Bertz CT molecular complexity index is 689. The quantitative estimate of drug-likeness (QED) is 0.0733. The van der Waals surface area contributed by atoms with Crippen molar-refractivity contribution in [2.45, 2.75) is 57.5 Å². The Labute approximate surface area is 203 Å². The van der Waals surface area contributed by atoms with Crippen LogP contribution in [0.25, 0.3) is 0 Å². The van der Waals surface area contributed by atoms with E-state index in [1.807, 2.05) is 0 Å². The number of carboxylic acid groups (broad SMARTS) is 2. The lowest BCUT2D eigenvalue weighted by Gasteiger charge is -2.14. The van der Waals surface area contributed by atoms with Gasteiger partial charge in [0.1, 0.15) is 18.7 Å². The van der Waals surface area contributed by atoms with Crippen LogP contribution in [0.2, 0.25) is 0 Å². The topological polar surface area (TPSA) is 209 Å². The number of ether oxygens (including phenoxy) is 2. The number of hydrogen-bond acceptors (Lipinski definition) is 8. The first-order valence-electron chi connectivity index (χ1n) is 11.3. The normalized spacial score (nSPS) is 12.1. The molecule has 2 unspecified atom stereocenters. The van der Waals surface area contributed by atoms with Crippen molar-refractivity contribution in [2.24, 2.45) is 0 Å². The highest BCUT2D eigenvalue weighted by Crippen LogP contribution is 2.01. The number of unbranched alkanes of at least 4 members (excludes halogenated alkanes) is 1. The molecule has 0 aromatic rings. The van der Waals surface area contributed by atoms with Gasteiger partial charge in [-0.05, 0) is 25.7 Å². The largest absolute Gasteiger partial charge is 0.480 e. The average molecular weight is 505 g/mol. The summed E-state index contributed by atoms with van der Waals surface area (Å²) in [6, 6.07) is -2.18. The van der Waals surface area contributed by atoms with Crippen LogP contribution in [-0.2, 0) is 38.2 Å². The number of carbonyl (C=O) groups is 6. The maximum Gasteiger partial charge on any atom is 0.326 e. The third-order valence-corrected chi connectivity index (χ3v) is 4.60. The van der Waals surface area contributed by atoms with Crippen molar-refractivity contribution in [3.05, 3.63) is 0 Å². The molecule has 0 radical (unpaired) electrons. The van der Waals surface area contributed by atoms with Gasteiger partial charge in [0.2, 0.25) is 24.1 Å². The van der Waals surface area contributed by atoms with Gasteiger partial charge in [-0.3, -0.25) is 19.2 Å². The summed E-state index contributed by atoms with van der Waals surface area (Å²) in [6.07, 6.45) is 1.86. The van der Waals surface area contributed by atoms with Crippen molar-refractivity contribution in [1.29, 1.82) is 0 Å². The van der Waals surface area contributed by atoms with E-state index in [-0.39, 0.29) is 70.5 Å². The third-order valence-electron chi connectivity index (χ3n) is 4.60. The minimum absolute atomic E-state index is 0.0451. The molecule has 0 heterocycles. The zero-order valence-corrected chi connectivity index (χ0v) is 19.9. The van der Waals surface area contributed by atoms with Gasteiger partial charge in [-0.2, -0.15) is 0 Å². The molecule has 200 valence electrons. The molecular formula is C21H36N4O10. The van der Waals surface area contributed by atoms with Crippen LogP contribution in [0.15, 0.2) is 0 Å². The number of amides is 4. The SMILES string of the molecule is CCC(=O)NCCCCC(NC(=O)COCCOCCNC(=O)CCC(NC=O)C(=O)O)C(=O)O. The second-order valence-electron chi connectivity index (χ2n) is 7.39. The van der Waals surface area contributed by atoms with Gasteiger partial charge >= 0.3 is 11.9 Å². The molecule has 0 bridgehead atoms. The van der Waals surface area contributed by atoms with Crippen molar-refractivity contribution >= 4 is 36.1 Å². The Morgan fingerprint density at radius 3 is 2.09 bits per heavy atom. The minimum Gasteiger partial charge on any atom is -0.480 e. The van der Waals surface area contributed by atoms with Gasteiger partial charge in [-0.25, -0.2) is 9.59 Å². The lowest BCUT2D eigenvalue weighted by atomic mass is 10.1. The van der Waals surface area contributed by atoms with Gasteiger partial charge in [0.25, 0.3) is 0 Å². The van der Waals surface area contributed by atoms with Crippen molar-refractivity contribution < 1.29 is 48.5 Å². The molecule has 35 heavy (non-hydrogen) atoms. The molecule has 14 heteroatoms. The fourth-order valence-corrected chi connectivity index (χ4v) is 2.69. The second kappa shape index (κ2) is 20.1. The van der Waals surface area contributed by atoms with E-state index >= 15 is 0 Å². The summed E-state index contributed by atoms with van der Waals surface area (Å²) in [5.41, 5.74) is 0. The molecule has 2 atom stereocenters. The summed E-state index contributed by atoms with van der Waals surface area (Å²) < 4.78 is 10.4. The van der Waals surface area contributed by atoms with Crippen molar-refractivity contribution in [3.63, 3.8) is 0 Å². The Balaban J connectivity index is 3.83. The lowest BCUT2D eigenvalue weighted by Crippen LogP contribution is -2.42. The summed E-state index contributed by atoms with van der Waals surface area (Å²) >= 11 is 0. The van der Waals surface area contributed by atoms with E-state index in [1.165, 1.54) is 0 Å². The summed E-state index contributed by atoms with van der Waals surface area (Å²) in [7, 11) is 0. The number of carboxylic acids is 2. The van der Waals surface area contributed by atoms with E-state index in [1.54, 1.807) is 6.92 Å². The van der Waals surface area contributed by atoms with Gasteiger partial charge in [0.15, 0.2) is 0 Å². The minimum atomic E-state index is -1.23. The molecule has 0 aliphatic rings. The molecule has 4 amide bonds. The number of carbonyl (C=O) groups excluding carboxylic acids is 4. The fraction of sp³-hybridized carbons (Fsp3) is 0.714. The summed E-state index contributed by atoms with van der Waals surface area (Å²) in [4.78, 5) is 67.1. The van der Waals surface area contributed by atoms with Crippen LogP contribution in [-0.4, -0.2) is 97.9 Å². The molecule has 6 N–H and O–H groups in total. The van der Waals surface area contributed by atoms with E-state index in [9.17, 15) is 33.9 Å². The lowest BCUT2D eigenvalue weighted by molar-refractivity contribution is -0.143. The molecule has 0 saturated heterocycles. The van der Waals surface area contributed by atoms with E-state index in [2.05, 4.69) is 21.3 Å². The van der Waals surface area contributed by atoms with Gasteiger partial charge in [-0.1, -0.05) is 6.92 Å². The fourth-order valence-electron chi connectivity index (χ4n) is 2.69. The summed E-state index contributed by atoms with van der Waals surface area (Å²) in [5, 5.41) is 27.8. The first-order valence-corrected chi connectivity index (χ1v) is 11.3. The van der Waals surface area contributed by atoms with Gasteiger partial charge in [-0.15, -0.1) is 0 Å². The maximum atomic E-state index is 11.9. The first kappa shape index (κ1) is 31.7. The van der Waals surface area contributed by atoms with E-state index < -0.39 is 29.9 Å². The van der Waals surface area contributed by atoms with Crippen molar-refractivity contribution in [1.82, 2.24) is 21.3 Å². The molecule has 0 saturated carbocycles. The number of aliphatic carboxylic acids is 2. The molecule has 0 aliphatic heterocycles. The molecule has 0 aromatic heterocycles. The van der Waals surface area contributed by atoms with E-state index in [0.717, 1.165) is 0 Å². The van der Waals surface area contributed by atoms with Crippen LogP contribution in [0.4, 0.5) is 0 Å². The number of hydrogen-bond donors (Lipinski definition) is 6. The smallest absolute Gasteiger partial charge is 0.326 e. The monoisotopic (exact) mass is 504 g/mol. The van der Waals surface area contributed by atoms with E-state index in [0.29, 0.717) is 25.8 Å². The Hall–Kier alpha value is -3.26. The van der Waals surface area contributed by atoms with Crippen LogP contribution in [0.1, 0.15) is 45.4 Å². The zero-order valence-electron chi connectivity index (χ0n) is 19.9. The molecule has 0 spiro atoms. The molecule has 0 aliphatic carbocycles. The Morgan fingerprint density at radius 1 is 0.800 bits per heavy atom. The van der Waals surface area contributed by atoms with Crippen LogP contribution in [0.5, 0.6) is 0 Å². The molecular weight excluding hydrogens is 468 g/mol. The van der Waals surface area contributed by atoms with Crippen LogP contribution in [0, 0.1) is 0 Å². The number of rotatable bonds is 22. The Kier molecular flexibility index (Phi) is 18.3. The zero-order chi connectivity index (χ0) is 26.5. The Morgan fingerprint density at radius 2 is 1.46 bits per heavy atom. The molecule has 0 rings (SSSR count). The summed E-state index contributed by atoms with van der Waals surface area (Å²) in [6.45, 7) is 2.41. The van der Waals surface area contributed by atoms with Gasteiger partial charge in [0, 0.05) is 25.9 Å². The van der Waals surface area contributed by atoms with Crippen LogP contribution >= 0.6 is 0 Å². The third kappa shape index (κ3) is 17.8. The average Bonchev–Trinajstić information content (AvgIpc) is 2.81. The highest BCUT2D eigenvalue weighted by atomic mass is 16.5. The molecule has 14 nitrogen and oxygen atoms in total. The van der Waals surface area contributed by atoms with Crippen molar-refractivity contribution in [3.8, 4) is 0 Å². The highest BCUT2D eigenvalue weighted by Gasteiger charge is 2.19. The van der Waals surface area contributed by atoms with Crippen molar-refractivity contribution in [2.75, 3.05) is 39.5 Å². The van der Waals surface area contributed by atoms with Gasteiger partial charge in [0.05, 0.1) is 19.8 Å². The highest BCUT2D eigenvalue weighted by molar-refractivity contribution is 5.84. The number of nitrogens with one attached hydrogen (secondary N) is 4. The predicted molar refractivity (Wildman–Crippen MR) is 121 cm³/mol. The molecule has 0 fully saturated rings.